The number of hydrogen-bond acceptors (Lipinski definition) is 1. The Morgan fingerprint density at radius 2 is 2.20 bits per heavy atom. The Labute approximate surface area is 71.6 Å². The van der Waals surface area contributed by atoms with Crippen molar-refractivity contribution in [2.24, 2.45) is 0 Å². The molecule has 0 aromatic heterocycles. The monoisotopic (exact) mass is 182 g/mol. The minimum Gasteiger partial charge on any atom is -0.375 e. The minimum absolute atomic E-state index is 0.268. The summed E-state index contributed by atoms with van der Waals surface area (Å²) in [6.45, 7) is 2.08. The molecule has 0 aliphatic carbocycles. The average molecular weight is 183 g/mol. The van der Waals surface area contributed by atoms with Crippen LogP contribution in [-0.2, 0) is 4.74 Å². The highest BCUT2D eigenvalue weighted by Crippen LogP contribution is 2.25. The summed E-state index contributed by atoms with van der Waals surface area (Å²) in [7, 11) is 0. The third-order valence-electron chi connectivity index (χ3n) is 1.76. The maximum atomic E-state index is 5.59. The molecule has 2 atom stereocenters. The molecule has 1 aliphatic heterocycles. The van der Waals surface area contributed by atoms with Crippen molar-refractivity contribution < 1.29 is 4.74 Å². The van der Waals surface area contributed by atoms with Gasteiger partial charge in [-0.25, -0.2) is 0 Å². The van der Waals surface area contributed by atoms with Crippen molar-refractivity contribution in [2.75, 3.05) is 0 Å². The van der Waals surface area contributed by atoms with Crippen LogP contribution >= 0.6 is 23.2 Å². The fourth-order valence-corrected chi connectivity index (χ4v) is 1.65. The summed E-state index contributed by atoms with van der Waals surface area (Å²) in [4.78, 5) is -0.268. The van der Waals surface area contributed by atoms with Crippen molar-refractivity contribution in [1.82, 2.24) is 0 Å². The standard InChI is InChI=1S/C7H12Cl2O/c1-5-2-3-6(10-5)4-7(8)9/h5-7H,2-4H2,1H3/t5-,6-/m1/s1. The largest absolute Gasteiger partial charge is 0.375 e. The molecule has 1 aliphatic rings. The first-order valence-corrected chi connectivity index (χ1v) is 4.49. The summed E-state index contributed by atoms with van der Waals surface area (Å²) in [5.74, 6) is 0. The highest BCUT2D eigenvalue weighted by molar-refractivity contribution is 6.44. The zero-order valence-corrected chi connectivity index (χ0v) is 7.53. The number of alkyl halides is 2. The Hall–Kier alpha value is 0.540. The van der Waals surface area contributed by atoms with Crippen LogP contribution in [0.4, 0.5) is 0 Å². The lowest BCUT2D eigenvalue weighted by Gasteiger charge is -2.10. The number of ether oxygens (including phenoxy) is 1. The molecule has 0 aromatic rings. The zero-order valence-electron chi connectivity index (χ0n) is 6.02. The molecule has 1 fully saturated rings. The van der Waals surface area contributed by atoms with Crippen LogP contribution in [0.1, 0.15) is 26.2 Å². The third kappa shape index (κ3) is 2.65. The Morgan fingerprint density at radius 1 is 1.50 bits per heavy atom. The number of rotatable bonds is 2. The molecule has 60 valence electrons. The molecule has 0 saturated carbocycles. The SMILES string of the molecule is C[C@@H]1CC[C@H](CC(Cl)Cl)O1. The van der Waals surface area contributed by atoms with Crippen LogP contribution in [0.15, 0.2) is 0 Å². The van der Waals surface area contributed by atoms with Crippen molar-refractivity contribution in [3.63, 3.8) is 0 Å². The highest BCUT2D eigenvalue weighted by atomic mass is 35.5. The van der Waals surface area contributed by atoms with Gasteiger partial charge in [-0.1, -0.05) is 0 Å². The van der Waals surface area contributed by atoms with Crippen molar-refractivity contribution in [3.05, 3.63) is 0 Å². The average Bonchev–Trinajstić information content (AvgIpc) is 2.13. The van der Waals surface area contributed by atoms with E-state index in [0.29, 0.717) is 12.2 Å². The molecule has 1 saturated heterocycles. The van der Waals surface area contributed by atoms with Gasteiger partial charge in [0.15, 0.2) is 0 Å². The first-order chi connectivity index (χ1) is 4.68. The van der Waals surface area contributed by atoms with Gasteiger partial charge in [0.05, 0.1) is 12.2 Å². The van der Waals surface area contributed by atoms with Gasteiger partial charge in [-0.3, -0.25) is 0 Å². The fraction of sp³-hybridized carbons (Fsp3) is 1.00. The van der Waals surface area contributed by atoms with Crippen molar-refractivity contribution in [3.8, 4) is 0 Å². The molecule has 1 rings (SSSR count). The van der Waals surface area contributed by atoms with Gasteiger partial charge in [-0.2, -0.15) is 0 Å². The Balaban J connectivity index is 2.18. The lowest BCUT2D eigenvalue weighted by Crippen LogP contribution is -2.10. The number of halogens is 2. The molecule has 0 spiro atoms. The van der Waals surface area contributed by atoms with E-state index in [4.69, 9.17) is 27.9 Å². The summed E-state index contributed by atoms with van der Waals surface area (Å²) in [5, 5.41) is 0. The molecule has 0 aromatic carbocycles. The molecule has 1 nitrogen and oxygen atoms in total. The van der Waals surface area contributed by atoms with Crippen LogP contribution in [0.2, 0.25) is 0 Å². The second kappa shape index (κ2) is 3.80. The topological polar surface area (TPSA) is 9.23 Å². The van der Waals surface area contributed by atoms with Crippen LogP contribution in [0.5, 0.6) is 0 Å². The van der Waals surface area contributed by atoms with Gasteiger partial charge in [-0.15, -0.1) is 23.2 Å². The highest BCUT2D eigenvalue weighted by Gasteiger charge is 2.23. The lowest BCUT2D eigenvalue weighted by molar-refractivity contribution is 0.0532. The summed E-state index contributed by atoms with van der Waals surface area (Å²) in [6, 6.07) is 0. The molecular weight excluding hydrogens is 171 g/mol. The van der Waals surface area contributed by atoms with Crippen LogP contribution in [0.3, 0.4) is 0 Å². The molecule has 0 unspecified atom stereocenters. The van der Waals surface area contributed by atoms with E-state index in [1.54, 1.807) is 0 Å². The maximum Gasteiger partial charge on any atom is 0.110 e. The van der Waals surface area contributed by atoms with Gasteiger partial charge in [0, 0.05) is 6.42 Å². The van der Waals surface area contributed by atoms with E-state index in [2.05, 4.69) is 6.92 Å². The van der Waals surface area contributed by atoms with E-state index in [9.17, 15) is 0 Å². The molecular formula is C7H12Cl2O. The fourth-order valence-electron chi connectivity index (χ4n) is 1.26. The molecule has 0 radical (unpaired) electrons. The zero-order chi connectivity index (χ0) is 7.56. The summed E-state index contributed by atoms with van der Waals surface area (Å²) in [6.07, 6.45) is 3.72. The predicted octanol–water partition coefficient (Wildman–Crippen LogP) is 2.75. The van der Waals surface area contributed by atoms with Crippen molar-refractivity contribution in [2.45, 2.75) is 43.2 Å². The van der Waals surface area contributed by atoms with Gasteiger partial charge in [0.2, 0.25) is 0 Å². The molecule has 0 bridgehead atoms. The second-order valence-corrected chi connectivity index (χ2v) is 4.05. The Kier molecular flexibility index (Phi) is 3.28. The second-order valence-electron chi connectivity index (χ2n) is 2.77. The molecule has 10 heavy (non-hydrogen) atoms. The first-order valence-electron chi connectivity index (χ1n) is 3.62. The molecule has 0 amide bonds. The molecule has 0 N–H and O–H groups in total. The molecule has 3 heteroatoms. The van der Waals surface area contributed by atoms with E-state index in [1.807, 2.05) is 0 Å². The smallest absolute Gasteiger partial charge is 0.110 e. The van der Waals surface area contributed by atoms with Gasteiger partial charge >= 0.3 is 0 Å². The van der Waals surface area contributed by atoms with Gasteiger partial charge in [0.1, 0.15) is 4.84 Å². The van der Waals surface area contributed by atoms with E-state index in [1.165, 1.54) is 0 Å². The predicted molar refractivity (Wildman–Crippen MR) is 43.7 cm³/mol. The normalized spacial score (nSPS) is 33.6. The first kappa shape index (κ1) is 8.63. The van der Waals surface area contributed by atoms with E-state index < -0.39 is 0 Å². The van der Waals surface area contributed by atoms with Crippen LogP contribution in [0, 0.1) is 0 Å². The van der Waals surface area contributed by atoms with E-state index in [0.717, 1.165) is 19.3 Å². The van der Waals surface area contributed by atoms with Crippen LogP contribution in [-0.4, -0.2) is 17.0 Å². The Bertz CT molecular complexity index is 106. The van der Waals surface area contributed by atoms with Crippen LogP contribution < -0.4 is 0 Å². The van der Waals surface area contributed by atoms with E-state index in [-0.39, 0.29) is 4.84 Å². The van der Waals surface area contributed by atoms with Gasteiger partial charge in [-0.05, 0) is 19.8 Å². The van der Waals surface area contributed by atoms with Gasteiger partial charge in [0.25, 0.3) is 0 Å². The van der Waals surface area contributed by atoms with Crippen molar-refractivity contribution in [1.29, 1.82) is 0 Å². The quantitative estimate of drug-likeness (QED) is 0.598. The minimum atomic E-state index is -0.268. The van der Waals surface area contributed by atoms with E-state index >= 15 is 0 Å². The number of hydrogen-bond donors (Lipinski definition) is 0. The summed E-state index contributed by atoms with van der Waals surface area (Å²) < 4.78 is 5.50. The Morgan fingerprint density at radius 3 is 2.60 bits per heavy atom. The van der Waals surface area contributed by atoms with Crippen LogP contribution in [0.25, 0.3) is 0 Å². The molecule has 1 heterocycles. The van der Waals surface area contributed by atoms with Crippen molar-refractivity contribution >= 4 is 23.2 Å². The summed E-state index contributed by atoms with van der Waals surface area (Å²) >= 11 is 11.2. The lowest BCUT2D eigenvalue weighted by atomic mass is 10.2. The third-order valence-corrected chi connectivity index (χ3v) is 2.12. The summed E-state index contributed by atoms with van der Waals surface area (Å²) in [5.41, 5.74) is 0. The van der Waals surface area contributed by atoms with Gasteiger partial charge < -0.3 is 4.74 Å². The maximum absolute atomic E-state index is 5.59.